The first-order valence-corrected chi connectivity index (χ1v) is 6.51. The number of hydrogen-bond donors (Lipinski definition) is 2. The van der Waals surface area contributed by atoms with Gasteiger partial charge in [-0.3, -0.25) is 0 Å². The maximum Gasteiger partial charge on any atom is 0.0172 e. The zero-order valence-electron chi connectivity index (χ0n) is 8.64. The van der Waals surface area contributed by atoms with Gasteiger partial charge in [0.05, 0.1) is 0 Å². The predicted octanol–water partition coefficient (Wildman–Crippen LogP) is 1.47. The molecule has 1 rings (SSSR count). The van der Waals surface area contributed by atoms with Gasteiger partial charge < -0.3 is 10.6 Å². The normalized spacial score (nSPS) is 22.4. The lowest BCUT2D eigenvalue weighted by Gasteiger charge is -2.10. The zero-order chi connectivity index (χ0) is 9.36. The minimum Gasteiger partial charge on any atom is -0.315 e. The van der Waals surface area contributed by atoms with E-state index in [2.05, 4.69) is 29.3 Å². The van der Waals surface area contributed by atoms with Crippen LogP contribution in [0, 0.1) is 0 Å². The summed E-state index contributed by atoms with van der Waals surface area (Å²) in [4.78, 5) is 0. The summed E-state index contributed by atoms with van der Waals surface area (Å²) in [7, 11) is 0. The van der Waals surface area contributed by atoms with Gasteiger partial charge in [0.15, 0.2) is 0 Å². The van der Waals surface area contributed by atoms with Crippen LogP contribution in [-0.4, -0.2) is 37.2 Å². The Bertz CT molecular complexity index is 113. The first kappa shape index (κ1) is 11.3. The first-order valence-electron chi connectivity index (χ1n) is 5.46. The van der Waals surface area contributed by atoms with E-state index in [1.54, 1.807) is 0 Å². The molecule has 0 aromatic heterocycles. The lowest BCUT2D eigenvalue weighted by molar-refractivity contribution is 0.593. The van der Waals surface area contributed by atoms with Crippen molar-refractivity contribution in [3.63, 3.8) is 0 Å². The maximum absolute atomic E-state index is 3.50. The molecule has 1 heterocycles. The highest BCUT2D eigenvalue weighted by Gasteiger charge is 2.13. The van der Waals surface area contributed by atoms with Gasteiger partial charge in [-0.05, 0) is 31.6 Å². The van der Waals surface area contributed by atoms with Crippen LogP contribution >= 0.6 is 11.8 Å². The van der Waals surface area contributed by atoms with Gasteiger partial charge in [-0.1, -0.05) is 6.92 Å². The fraction of sp³-hybridized carbons (Fsp3) is 1.00. The summed E-state index contributed by atoms with van der Waals surface area (Å²) in [6.45, 7) is 6.80. The summed E-state index contributed by atoms with van der Waals surface area (Å²) in [5, 5.41) is 7.79. The van der Waals surface area contributed by atoms with Gasteiger partial charge in [0.1, 0.15) is 0 Å². The molecule has 78 valence electrons. The van der Waals surface area contributed by atoms with Crippen molar-refractivity contribution in [3.8, 4) is 0 Å². The third-order valence-electron chi connectivity index (χ3n) is 2.30. The quantitative estimate of drug-likeness (QED) is 0.611. The molecule has 0 radical (unpaired) electrons. The second-order valence-electron chi connectivity index (χ2n) is 3.59. The van der Waals surface area contributed by atoms with Gasteiger partial charge in [0.2, 0.25) is 0 Å². The summed E-state index contributed by atoms with van der Waals surface area (Å²) in [6.07, 6.45) is 4.07. The van der Waals surface area contributed by atoms with Crippen molar-refractivity contribution in [2.75, 3.05) is 31.9 Å². The van der Waals surface area contributed by atoms with E-state index in [1.165, 1.54) is 31.6 Å². The van der Waals surface area contributed by atoms with Gasteiger partial charge in [0, 0.05) is 24.9 Å². The molecule has 3 heteroatoms. The summed E-state index contributed by atoms with van der Waals surface area (Å²) >= 11 is 2.13. The van der Waals surface area contributed by atoms with Gasteiger partial charge in [-0.2, -0.15) is 11.8 Å². The number of rotatable bonds is 7. The Kier molecular flexibility index (Phi) is 6.68. The van der Waals surface area contributed by atoms with E-state index in [0.29, 0.717) is 0 Å². The Hall–Kier alpha value is 0.270. The molecule has 0 saturated carbocycles. The molecule has 1 saturated heterocycles. The van der Waals surface area contributed by atoms with Crippen LogP contribution in [0.25, 0.3) is 0 Å². The Morgan fingerprint density at radius 1 is 1.23 bits per heavy atom. The molecular weight excluding hydrogens is 180 g/mol. The molecule has 2 N–H and O–H groups in total. The Morgan fingerprint density at radius 2 is 2.08 bits per heavy atom. The monoisotopic (exact) mass is 202 g/mol. The fourth-order valence-corrected chi connectivity index (χ4v) is 2.78. The molecule has 1 atom stereocenters. The van der Waals surface area contributed by atoms with Crippen LogP contribution in [0.1, 0.15) is 26.2 Å². The lowest BCUT2D eigenvalue weighted by atomic mass is 10.2. The second-order valence-corrected chi connectivity index (χ2v) is 5.00. The van der Waals surface area contributed by atoms with Crippen molar-refractivity contribution >= 4 is 11.8 Å². The number of thioether (sulfide) groups is 1. The van der Waals surface area contributed by atoms with Crippen molar-refractivity contribution in [1.82, 2.24) is 10.6 Å². The van der Waals surface area contributed by atoms with Crippen molar-refractivity contribution in [2.45, 2.75) is 31.4 Å². The molecule has 2 nitrogen and oxygen atoms in total. The number of nitrogens with one attached hydrogen (secondary N) is 2. The minimum atomic E-state index is 0.895. The predicted molar refractivity (Wildman–Crippen MR) is 61.5 cm³/mol. The van der Waals surface area contributed by atoms with Crippen LogP contribution in [0.4, 0.5) is 0 Å². The van der Waals surface area contributed by atoms with E-state index in [9.17, 15) is 0 Å². The van der Waals surface area contributed by atoms with Crippen LogP contribution < -0.4 is 10.6 Å². The Balaban J connectivity index is 1.78. The van der Waals surface area contributed by atoms with Crippen molar-refractivity contribution in [3.05, 3.63) is 0 Å². The lowest BCUT2D eigenvalue weighted by Crippen LogP contribution is -2.31. The molecule has 0 aromatic rings. The van der Waals surface area contributed by atoms with Gasteiger partial charge in [-0.15, -0.1) is 0 Å². The topological polar surface area (TPSA) is 24.1 Å². The molecule has 0 aromatic carbocycles. The van der Waals surface area contributed by atoms with E-state index in [-0.39, 0.29) is 0 Å². The van der Waals surface area contributed by atoms with Crippen LogP contribution in [0.5, 0.6) is 0 Å². The molecule has 1 unspecified atom stereocenters. The highest BCUT2D eigenvalue weighted by atomic mass is 32.2. The minimum absolute atomic E-state index is 0.895. The first-order chi connectivity index (χ1) is 6.43. The molecule has 1 aliphatic heterocycles. The third kappa shape index (κ3) is 5.55. The molecule has 0 bridgehead atoms. The van der Waals surface area contributed by atoms with Crippen LogP contribution in [0.2, 0.25) is 0 Å². The average molecular weight is 202 g/mol. The van der Waals surface area contributed by atoms with E-state index in [0.717, 1.165) is 24.9 Å². The summed E-state index contributed by atoms with van der Waals surface area (Å²) in [5.74, 6) is 1.38. The van der Waals surface area contributed by atoms with E-state index >= 15 is 0 Å². The van der Waals surface area contributed by atoms with E-state index < -0.39 is 0 Å². The summed E-state index contributed by atoms with van der Waals surface area (Å²) in [5.41, 5.74) is 0. The highest BCUT2D eigenvalue weighted by Crippen LogP contribution is 2.24. The van der Waals surface area contributed by atoms with Crippen LogP contribution in [0.15, 0.2) is 0 Å². The standard InChI is InChI=1S/C10H22N2S/c1-2-5-11-6-7-12-9-10-4-3-8-13-10/h10-12H,2-9H2,1H3. The fourth-order valence-electron chi connectivity index (χ4n) is 1.55. The smallest absolute Gasteiger partial charge is 0.0172 e. The zero-order valence-corrected chi connectivity index (χ0v) is 9.46. The third-order valence-corrected chi connectivity index (χ3v) is 3.70. The Labute approximate surface area is 86.2 Å². The second kappa shape index (κ2) is 7.65. The molecule has 0 amide bonds. The molecular formula is C10H22N2S. The van der Waals surface area contributed by atoms with Crippen LogP contribution in [0.3, 0.4) is 0 Å². The van der Waals surface area contributed by atoms with E-state index in [1.807, 2.05) is 0 Å². The Morgan fingerprint density at radius 3 is 2.77 bits per heavy atom. The molecule has 0 spiro atoms. The van der Waals surface area contributed by atoms with Gasteiger partial charge in [0.25, 0.3) is 0 Å². The largest absolute Gasteiger partial charge is 0.315 e. The molecule has 1 fully saturated rings. The van der Waals surface area contributed by atoms with Crippen molar-refractivity contribution in [2.24, 2.45) is 0 Å². The molecule has 13 heavy (non-hydrogen) atoms. The van der Waals surface area contributed by atoms with Crippen LogP contribution in [-0.2, 0) is 0 Å². The van der Waals surface area contributed by atoms with Crippen molar-refractivity contribution < 1.29 is 0 Å². The average Bonchev–Trinajstić information content (AvgIpc) is 2.63. The maximum atomic E-state index is 3.50. The van der Waals surface area contributed by atoms with Gasteiger partial charge >= 0.3 is 0 Å². The highest BCUT2D eigenvalue weighted by molar-refractivity contribution is 8.00. The van der Waals surface area contributed by atoms with Gasteiger partial charge in [-0.25, -0.2) is 0 Å². The van der Waals surface area contributed by atoms with E-state index in [4.69, 9.17) is 0 Å². The van der Waals surface area contributed by atoms with Crippen molar-refractivity contribution in [1.29, 1.82) is 0 Å². The number of hydrogen-bond acceptors (Lipinski definition) is 3. The summed E-state index contributed by atoms with van der Waals surface area (Å²) < 4.78 is 0. The molecule has 1 aliphatic rings. The molecule has 0 aliphatic carbocycles. The summed E-state index contributed by atoms with van der Waals surface area (Å²) in [6, 6.07) is 0. The SMILES string of the molecule is CCCNCCNCC1CCCS1.